The Labute approximate surface area is 100 Å². The van der Waals surface area contributed by atoms with Crippen molar-refractivity contribution in [2.45, 2.75) is 30.1 Å². The summed E-state index contributed by atoms with van der Waals surface area (Å²) in [4.78, 5) is 11.6. The Morgan fingerprint density at radius 1 is 1.53 bits per heavy atom. The number of nitrogens with one attached hydrogen (secondary N) is 1. The van der Waals surface area contributed by atoms with Crippen LogP contribution >= 0.6 is 23.5 Å². The molecule has 88 valence electrons. The van der Waals surface area contributed by atoms with Crippen molar-refractivity contribution in [2.75, 3.05) is 24.8 Å². The second kappa shape index (κ2) is 6.01. The third-order valence-electron chi connectivity index (χ3n) is 2.80. The van der Waals surface area contributed by atoms with Crippen LogP contribution in [0.4, 0.5) is 0 Å². The SMILES string of the molecule is CSCC[C@H](N)C(=O)NCC1(SC)CC1. The molecule has 0 aliphatic heterocycles. The third kappa shape index (κ3) is 4.25. The minimum Gasteiger partial charge on any atom is -0.353 e. The van der Waals surface area contributed by atoms with Gasteiger partial charge < -0.3 is 11.1 Å². The number of nitrogens with two attached hydrogens (primary N) is 1. The van der Waals surface area contributed by atoms with E-state index in [0.29, 0.717) is 4.75 Å². The monoisotopic (exact) mass is 248 g/mol. The Hall–Kier alpha value is 0.130. The van der Waals surface area contributed by atoms with Crippen molar-refractivity contribution < 1.29 is 4.79 Å². The molecule has 1 amide bonds. The number of hydrogen-bond acceptors (Lipinski definition) is 4. The lowest BCUT2D eigenvalue weighted by Crippen LogP contribution is -2.43. The summed E-state index contributed by atoms with van der Waals surface area (Å²) in [6.07, 6.45) is 7.33. The van der Waals surface area contributed by atoms with Crippen molar-refractivity contribution in [2.24, 2.45) is 5.73 Å². The molecule has 1 fully saturated rings. The highest BCUT2D eigenvalue weighted by atomic mass is 32.2. The van der Waals surface area contributed by atoms with Crippen molar-refractivity contribution in [3.05, 3.63) is 0 Å². The number of hydrogen-bond donors (Lipinski definition) is 2. The van der Waals surface area contributed by atoms with Crippen LogP contribution in [0, 0.1) is 0 Å². The van der Waals surface area contributed by atoms with Crippen LogP contribution in [-0.2, 0) is 4.79 Å². The maximum Gasteiger partial charge on any atom is 0.236 e. The van der Waals surface area contributed by atoms with Gasteiger partial charge in [-0.2, -0.15) is 23.5 Å². The molecule has 15 heavy (non-hydrogen) atoms. The van der Waals surface area contributed by atoms with Gasteiger partial charge in [-0.1, -0.05) is 0 Å². The summed E-state index contributed by atoms with van der Waals surface area (Å²) >= 11 is 3.57. The molecule has 1 rings (SSSR count). The van der Waals surface area contributed by atoms with Gasteiger partial charge in [0, 0.05) is 11.3 Å². The zero-order valence-corrected chi connectivity index (χ0v) is 11.0. The Bertz CT molecular complexity index is 219. The Kier molecular flexibility index (Phi) is 5.29. The molecule has 1 saturated carbocycles. The summed E-state index contributed by atoms with van der Waals surface area (Å²) < 4.78 is 0.328. The normalized spacial score (nSPS) is 19.7. The minimum atomic E-state index is -0.338. The van der Waals surface area contributed by atoms with Gasteiger partial charge in [0.2, 0.25) is 5.91 Å². The van der Waals surface area contributed by atoms with E-state index < -0.39 is 0 Å². The van der Waals surface area contributed by atoms with E-state index in [-0.39, 0.29) is 11.9 Å². The Morgan fingerprint density at radius 3 is 2.67 bits per heavy atom. The predicted octanol–water partition coefficient (Wildman–Crippen LogP) is 1.08. The van der Waals surface area contributed by atoms with Crippen LogP contribution in [0.5, 0.6) is 0 Å². The largest absolute Gasteiger partial charge is 0.353 e. The summed E-state index contributed by atoms with van der Waals surface area (Å²) in [7, 11) is 0. The number of amides is 1. The number of thioether (sulfide) groups is 2. The average Bonchev–Trinajstić information content (AvgIpc) is 3.03. The summed E-state index contributed by atoms with van der Waals surface area (Å²) in [5.41, 5.74) is 5.76. The summed E-state index contributed by atoms with van der Waals surface area (Å²) in [5, 5.41) is 2.95. The predicted molar refractivity (Wildman–Crippen MR) is 69.5 cm³/mol. The highest BCUT2D eigenvalue weighted by Crippen LogP contribution is 2.46. The quantitative estimate of drug-likeness (QED) is 0.708. The molecule has 0 radical (unpaired) electrons. The maximum absolute atomic E-state index is 11.6. The van der Waals surface area contributed by atoms with Gasteiger partial charge in [0.1, 0.15) is 0 Å². The average molecular weight is 248 g/mol. The number of carbonyl (C=O) groups is 1. The molecule has 1 aliphatic carbocycles. The van der Waals surface area contributed by atoms with E-state index >= 15 is 0 Å². The van der Waals surface area contributed by atoms with Crippen molar-refractivity contribution >= 4 is 29.4 Å². The van der Waals surface area contributed by atoms with Crippen LogP contribution in [-0.4, -0.2) is 41.5 Å². The molecular weight excluding hydrogens is 228 g/mol. The van der Waals surface area contributed by atoms with E-state index in [0.717, 1.165) is 18.7 Å². The first kappa shape index (κ1) is 13.2. The molecule has 5 heteroatoms. The fourth-order valence-corrected chi connectivity index (χ4v) is 2.56. The van der Waals surface area contributed by atoms with Gasteiger partial charge in [0.25, 0.3) is 0 Å². The van der Waals surface area contributed by atoms with Gasteiger partial charge in [-0.3, -0.25) is 4.79 Å². The van der Waals surface area contributed by atoms with Gasteiger partial charge in [0.05, 0.1) is 6.04 Å². The zero-order valence-electron chi connectivity index (χ0n) is 9.41. The van der Waals surface area contributed by atoms with E-state index in [2.05, 4.69) is 11.6 Å². The number of rotatable bonds is 7. The molecule has 0 aromatic rings. The van der Waals surface area contributed by atoms with Gasteiger partial charge >= 0.3 is 0 Å². The van der Waals surface area contributed by atoms with E-state index in [4.69, 9.17) is 5.73 Å². The molecule has 0 aromatic carbocycles. The summed E-state index contributed by atoms with van der Waals surface area (Å²) in [5.74, 6) is 0.951. The minimum absolute atomic E-state index is 0.00405. The smallest absolute Gasteiger partial charge is 0.236 e. The lowest BCUT2D eigenvalue weighted by atomic mass is 10.2. The van der Waals surface area contributed by atoms with Crippen LogP contribution < -0.4 is 11.1 Å². The second-order valence-corrected chi connectivity index (χ2v) is 6.25. The molecule has 0 unspecified atom stereocenters. The van der Waals surface area contributed by atoms with Crippen molar-refractivity contribution in [1.29, 1.82) is 0 Å². The highest BCUT2D eigenvalue weighted by Gasteiger charge is 2.42. The van der Waals surface area contributed by atoms with Crippen molar-refractivity contribution in [3.8, 4) is 0 Å². The van der Waals surface area contributed by atoms with E-state index in [1.54, 1.807) is 11.8 Å². The molecule has 0 aromatic heterocycles. The molecule has 0 heterocycles. The first-order valence-electron chi connectivity index (χ1n) is 5.21. The Morgan fingerprint density at radius 2 is 2.20 bits per heavy atom. The molecule has 1 aliphatic rings. The van der Waals surface area contributed by atoms with E-state index in [1.165, 1.54) is 12.8 Å². The third-order valence-corrected chi connectivity index (χ3v) is 4.86. The fourth-order valence-electron chi connectivity index (χ4n) is 1.35. The zero-order chi connectivity index (χ0) is 11.3. The lowest BCUT2D eigenvalue weighted by Gasteiger charge is -2.16. The fraction of sp³-hybridized carbons (Fsp3) is 0.900. The van der Waals surface area contributed by atoms with Crippen LogP contribution in [0.25, 0.3) is 0 Å². The van der Waals surface area contributed by atoms with E-state index in [1.807, 2.05) is 18.0 Å². The van der Waals surface area contributed by atoms with Crippen LogP contribution in [0.3, 0.4) is 0 Å². The van der Waals surface area contributed by atoms with Crippen LogP contribution in [0.2, 0.25) is 0 Å². The summed E-state index contributed by atoms with van der Waals surface area (Å²) in [6.45, 7) is 0.778. The summed E-state index contributed by atoms with van der Waals surface area (Å²) in [6, 6.07) is -0.338. The highest BCUT2D eigenvalue weighted by molar-refractivity contribution is 8.00. The van der Waals surface area contributed by atoms with Crippen molar-refractivity contribution in [3.63, 3.8) is 0 Å². The van der Waals surface area contributed by atoms with E-state index in [9.17, 15) is 4.79 Å². The van der Waals surface area contributed by atoms with Gasteiger partial charge in [-0.15, -0.1) is 0 Å². The van der Waals surface area contributed by atoms with Gasteiger partial charge in [-0.05, 0) is 37.5 Å². The molecule has 0 spiro atoms. The van der Waals surface area contributed by atoms with Crippen LogP contribution in [0.15, 0.2) is 0 Å². The molecule has 3 N–H and O–H groups in total. The maximum atomic E-state index is 11.6. The topological polar surface area (TPSA) is 55.1 Å². The number of carbonyl (C=O) groups excluding carboxylic acids is 1. The molecule has 0 bridgehead atoms. The first-order chi connectivity index (χ1) is 7.13. The lowest BCUT2D eigenvalue weighted by molar-refractivity contribution is -0.122. The van der Waals surface area contributed by atoms with Gasteiger partial charge in [-0.25, -0.2) is 0 Å². The Balaban J connectivity index is 2.17. The molecule has 3 nitrogen and oxygen atoms in total. The van der Waals surface area contributed by atoms with Gasteiger partial charge in [0.15, 0.2) is 0 Å². The second-order valence-electron chi connectivity index (χ2n) is 3.99. The standard InChI is InChI=1S/C10H20N2OS2/c1-14-6-3-8(11)9(13)12-7-10(15-2)4-5-10/h8H,3-7,11H2,1-2H3,(H,12,13)/t8-/m0/s1. The molecular formula is C10H20N2OS2. The molecule has 1 atom stereocenters. The first-order valence-corrected chi connectivity index (χ1v) is 7.83. The van der Waals surface area contributed by atoms with Crippen molar-refractivity contribution in [1.82, 2.24) is 5.32 Å². The molecule has 0 saturated heterocycles. The van der Waals surface area contributed by atoms with Crippen LogP contribution in [0.1, 0.15) is 19.3 Å².